The number of hydrogen-bond donors (Lipinski definition) is 2. The van der Waals surface area contributed by atoms with Crippen LogP contribution in [0.5, 0.6) is 0 Å². The molecule has 19 heavy (non-hydrogen) atoms. The summed E-state index contributed by atoms with van der Waals surface area (Å²) in [4.78, 5) is 0. The number of aryl methyl sites for hydroxylation is 2. The first-order chi connectivity index (χ1) is 9.30. The molecule has 1 aromatic heterocycles. The van der Waals surface area contributed by atoms with Crippen molar-refractivity contribution in [2.75, 3.05) is 0 Å². The van der Waals surface area contributed by atoms with Gasteiger partial charge in [-0.15, -0.1) is 5.10 Å². The highest BCUT2D eigenvalue weighted by atomic mass is 15.4. The largest absolute Gasteiger partial charge is 0.271 e. The van der Waals surface area contributed by atoms with Crippen molar-refractivity contribution in [2.24, 2.45) is 5.84 Å². The maximum absolute atomic E-state index is 5.71. The number of hydrazine groups is 1. The van der Waals surface area contributed by atoms with Crippen molar-refractivity contribution in [2.45, 2.75) is 39.3 Å². The van der Waals surface area contributed by atoms with E-state index in [9.17, 15) is 0 Å². The Morgan fingerprint density at radius 3 is 2.58 bits per heavy atom. The summed E-state index contributed by atoms with van der Waals surface area (Å²) in [6.45, 7) is 5.11. The van der Waals surface area contributed by atoms with Crippen LogP contribution in [0.1, 0.15) is 43.1 Å². The highest BCUT2D eigenvalue weighted by Crippen LogP contribution is 2.21. The molecule has 1 unspecified atom stereocenters. The lowest BCUT2D eigenvalue weighted by Gasteiger charge is -2.17. The summed E-state index contributed by atoms with van der Waals surface area (Å²) < 4.78 is 1.90. The van der Waals surface area contributed by atoms with Crippen LogP contribution in [0.2, 0.25) is 0 Å². The minimum absolute atomic E-state index is 0.0764. The second-order valence-electron chi connectivity index (χ2n) is 4.58. The van der Waals surface area contributed by atoms with E-state index >= 15 is 0 Å². The Balaban J connectivity index is 2.29. The molecule has 0 saturated heterocycles. The van der Waals surface area contributed by atoms with Gasteiger partial charge in [0, 0.05) is 6.54 Å². The molecule has 0 radical (unpaired) electrons. The van der Waals surface area contributed by atoms with Crippen LogP contribution in [-0.2, 0) is 13.0 Å². The molecule has 1 aromatic carbocycles. The van der Waals surface area contributed by atoms with Crippen LogP contribution in [0.4, 0.5) is 0 Å². The molecule has 1 atom stereocenters. The fourth-order valence-electron chi connectivity index (χ4n) is 2.17. The average molecular weight is 259 g/mol. The normalized spacial score (nSPS) is 12.6. The first kappa shape index (κ1) is 13.7. The lowest BCUT2D eigenvalue weighted by Crippen LogP contribution is -2.30. The minimum atomic E-state index is -0.0764. The zero-order valence-electron chi connectivity index (χ0n) is 11.5. The summed E-state index contributed by atoms with van der Waals surface area (Å²) in [5.74, 6) is 5.71. The van der Waals surface area contributed by atoms with Gasteiger partial charge in [0.15, 0.2) is 0 Å². The molecule has 5 heteroatoms. The number of nitrogens with one attached hydrogen (secondary N) is 1. The molecule has 5 nitrogen and oxygen atoms in total. The van der Waals surface area contributed by atoms with Gasteiger partial charge in [0.25, 0.3) is 0 Å². The van der Waals surface area contributed by atoms with E-state index in [2.05, 4.69) is 53.9 Å². The van der Waals surface area contributed by atoms with Crippen LogP contribution in [-0.4, -0.2) is 15.0 Å². The van der Waals surface area contributed by atoms with Crippen LogP contribution in [0, 0.1) is 0 Å². The van der Waals surface area contributed by atoms with Gasteiger partial charge in [0.05, 0.1) is 17.9 Å². The van der Waals surface area contributed by atoms with Gasteiger partial charge in [0.2, 0.25) is 0 Å². The molecule has 0 saturated carbocycles. The molecular weight excluding hydrogens is 238 g/mol. The fraction of sp³-hybridized carbons (Fsp3) is 0.429. The number of benzene rings is 1. The first-order valence-electron chi connectivity index (χ1n) is 6.73. The molecule has 0 fully saturated rings. The Kier molecular flexibility index (Phi) is 4.65. The Labute approximate surface area is 113 Å². The van der Waals surface area contributed by atoms with Crippen molar-refractivity contribution in [3.63, 3.8) is 0 Å². The second kappa shape index (κ2) is 6.45. The van der Waals surface area contributed by atoms with Gasteiger partial charge in [-0.05, 0) is 24.0 Å². The predicted octanol–water partition coefficient (Wildman–Crippen LogP) is 1.80. The standard InChI is InChI=1S/C14H21N5/c1-3-9-19-13(10-16-18-19)14(17-15)12-7-5-11(4-2)6-8-12/h5-8,10,14,17H,3-4,9,15H2,1-2H3. The number of nitrogens with zero attached hydrogens (tertiary/aromatic N) is 3. The van der Waals surface area contributed by atoms with Gasteiger partial charge < -0.3 is 0 Å². The molecule has 102 valence electrons. The van der Waals surface area contributed by atoms with Gasteiger partial charge in [-0.2, -0.15) is 0 Å². The number of aromatic nitrogens is 3. The SMILES string of the molecule is CCCn1nncc1C(NN)c1ccc(CC)cc1. The molecular formula is C14H21N5. The van der Waals surface area contributed by atoms with E-state index in [1.54, 1.807) is 6.20 Å². The van der Waals surface area contributed by atoms with Crippen LogP contribution in [0.3, 0.4) is 0 Å². The van der Waals surface area contributed by atoms with E-state index in [0.29, 0.717) is 0 Å². The zero-order chi connectivity index (χ0) is 13.7. The van der Waals surface area contributed by atoms with Gasteiger partial charge in [-0.1, -0.05) is 43.3 Å². The lowest BCUT2D eigenvalue weighted by atomic mass is 10.0. The summed E-state index contributed by atoms with van der Waals surface area (Å²) in [6.07, 6.45) is 3.83. The summed E-state index contributed by atoms with van der Waals surface area (Å²) in [5, 5.41) is 8.09. The summed E-state index contributed by atoms with van der Waals surface area (Å²) in [6, 6.07) is 8.40. The Morgan fingerprint density at radius 2 is 2.00 bits per heavy atom. The minimum Gasteiger partial charge on any atom is -0.271 e. The summed E-state index contributed by atoms with van der Waals surface area (Å²) in [5.41, 5.74) is 6.29. The van der Waals surface area contributed by atoms with Crippen molar-refractivity contribution >= 4 is 0 Å². The quantitative estimate of drug-likeness (QED) is 0.613. The molecule has 0 spiro atoms. The first-order valence-corrected chi connectivity index (χ1v) is 6.73. The Hall–Kier alpha value is -1.72. The van der Waals surface area contributed by atoms with Crippen molar-refractivity contribution in [3.8, 4) is 0 Å². The molecule has 3 N–H and O–H groups in total. The molecule has 0 aliphatic heterocycles. The van der Waals surface area contributed by atoms with Gasteiger partial charge >= 0.3 is 0 Å². The topological polar surface area (TPSA) is 68.8 Å². The van der Waals surface area contributed by atoms with E-state index < -0.39 is 0 Å². The van der Waals surface area contributed by atoms with E-state index in [4.69, 9.17) is 5.84 Å². The van der Waals surface area contributed by atoms with E-state index in [1.165, 1.54) is 5.56 Å². The molecule has 0 aliphatic carbocycles. The van der Waals surface area contributed by atoms with E-state index in [-0.39, 0.29) is 6.04 Å². The Bertz CT molecular complexity index is 503. The Morgan fingerprint density at radius 1 is 1.26 bits per heavy atom. The summed E-state index contributed by atoms with van der Waals surface area (Å²) in [7, 11) is 0. The van der Waals surface area contributed by atoms with Crippen molar-refractivity contribution in [1.29, 1.82) is 0 Å². The molecule has 2 aromatic rings. The molecule has 2 rings (SSSR count). The third-order valence-corrected chi connectivity index (χ3v) is 3.27. The monoisotopic (exact) mass is 259 g/mol. The van der Waals surface area contributed by atoms with Crippen LogP contribution >= 0.6 is 0 Å². The van der Waals surface area contributed by atoms with Crippen molar-refractivity contribution in [1.82, 2.24) is 20.4 Å². The van der Waals surface area contributed by atoms with Gasteiger partial charge in [-0.25, -0.2) is 10.1 Å². The maximum Gasteiger partial charge on any atom is 0.0894 e. The number of rotatable bonds is 6. The van der Waals surface area contributed by atoms with Crippen LogP contribution in [0.25, 0.3) is 0 Å². The third-order valence-electron chi connectivity index (χ3n) is 3.27. The van der Waals surface area contributed by atoms with Crippen molar-refractivity contribution in [3.05, 3.63) is 47.3 Å². The molecule has 0 aliphatic rings. The molecule has 1 heterocycles. The average Bonchev–Trinajstić information content (AvgIpc) is 2.89. The second-order valence-corrected chi connectivity index (χ2v) is 4.58. The predicted molar refractivity (Wildman–Crippen MR) is 75.3 cm³/mol. The lowest BCUT2D eigenvalue weighted by molar-refractivity contribution is 0.512. The third kappa shape index (κ3) is 3.00. The summed E-state index contributed by atoms with van der Waals surface area (Å²) >= 11 is 0. The maximum atomic E-state index is 5.71. The molecule has 0 amide bonds. The van der Waals surface area contributed by atoms with Crippen LogP contribution < -0.4 is 11.3 Å². The smallest absolute Gasteiger partial charge is 0.0894 e. The zero-order valence-corrected chi connectivity index (χ0v) is 11.5. The van der Waals surface area contributed by atoms with Gasteiger partial charge in [0.1, 0.15) is 0 Å². The van der Waals surface area contributed by atoms with E-state index in [1.807, 2.05) is 4.68 Å². The van der Waals surface area contributed by atoms with E-state index in [0.717, 1.165) is 30.6 Å². The number of nitrogens with two attached hydrogens (primary N) is 1. The fourth-order valence-corrected chi connectivity index (χ4v) is 2.17. The molecule has 0 bridgehead atoms. The highest BCUT2D eigenvalue weighted by molar-refractivity contribution is 5.29. The van der Waals surface area contributed by atoms with Gasteiger partial charge in [-0.3, -0.25) is 5.84 Å². The van der Waals surface area contributed by atoms with Crippen molar-refractivity contribution < 1.29 is 0 Å². The van der Waals surface area contributed by atoms with Crippen LogP contribution in [0.15, 0.2) is 30.5 Å². The number of hydrogen-bond acceptors (Lipinski definition) is 4. The highest BCUT2D eigenvalue weighted by Gasteiger charge is 2.17.